The molecule has 1 atom stereocenters. The second-order valence-corrected chi connectivity index (χ2v) is 3.23. The molecule has 0 aliphatic heterocycles. The molecule has 1 N–H and O–H groups in total. The molecule has 0 fully saturated rings. The van der Waals surface area contributed by atoms with Gasteiger partial charge in [0.05, 0.1) is 6.42 Å². The van der Waals surface area contributed by atoms with Gasteiger partial charge in [-0.1, -0.05) is 12.1 Å². The van der Waals surface area contributed by atoms with E-state index in [0.717, 1.165) is 12.1 Å². The highest BCUT2D eigenvalue weighted by Gasteiger charge is 2.29. The van der Waals surface area contributed by atoms with E-state index in [4.69, 9.17) is 5.11 Å². The van der Waals surface area contributed by atoms with E-state index in [9.17, 15) is 17.6 Å². The molecule has 1 rings (SSSR count). The van der Waals surface area contributed by atoms with Gasteiger partial charge in [-0.15, -0.1) is 0 Å². The van der Waals surface area contributed by atoms with Gasteiger partial charge < -0.3 is 9.84 Å². The third-order valence-corrected chi connectivity index (χ3v) is 1.98. The number of ether oxygens (including phenoxy) is 1. The number of benzene rings is 1. The summed E-state index contributed by atoms with van der Waals surface area (Å²) < 4.78 is 53.7. The summed E-state index contributed by atoms with van der Waals surface area (Å²) in [6.45, 7) is 0. The highest BCUT2D eigenvalue weighted by atomic mass is 19.4. The quantitative estimate of drug-likeness (QED) is 0.647. The van der Waals surface area contributed by atoms with Gasteiger partial charge in [-0.05, 0) is 11.6 Å². The van der Waals surface area contributed by atoms with Crippen molar-refractivity contribution < 1.29 is 27.4 Å². The Morgan fingerprint density at radius 2 is 2.00 bits per heavy atom. The van der Waals surface area contributed by atoms with Crippen LogP contribution in [0.15, 0.2) is 18.2 Å². The van der Waals surface area contributed by atoms with E-state index in [0.29, 0.717) is 0 Å². The smallest absolute Gasteiger partial charge is 0.364 e. The molecule has 0 radical (unpaired) electrons. The van der Waals surface area contributed by atoms with Crippen molar-refractivity contribution in [3.05, 3.63) is 35.1 Å². The number of aliphatic hydroxyl groups excluding tert-OH is 1. The summed E-state index contributed by atoms with van der Waals surface area (Å²) in [5, 5.41) is 9.17. The second kappa shape index (κ2) is 4.80. The van der Waals surface area contributed by atoms with Crippen molar-refractivity contribution in [1.82, 2.24) is 0 Å². The largest absolute Gasteiger partial charge is 0.393 e. The highest BCUT2D eigenvalue weighted by molar-refractivity contribution is 5.25. The van der Waals surface area contributed by atoms with Gasteiger partial charge in [-0.25, -0.2) is 4.39 Å². The molecule has 0 saturated carbocycles. The summed E-state index contributed by atoms with van der Waals surface area (Å²) in [6.07, 6.45) is -7.13. The molecule has 1 aromatic carbocycles. The topological polar surface area (TPSA) is 29.5 Å². The van der Waals surface area contributed by atoms with E-state index in [2.05, 4.69) is 4.74 Å². The molecule has 0 spiro atoms. The lowest BCUT2D eigenvalue weighted by Crippen LogP contribution is -2.13. The van der Waals surface area contributed by atoms with E-state index in [-0.39, 0.29) is 5.56 Å². The molecule has 0 saturated heterocycles. The molecule has 0 aromatic heterocycles. The van der Waals surface area contributed by atoms with E-state index >= 15 is 0 Å². The third-order valence-electron chi connectivity index (χ3n) is 1.98. The second-order valence-electron chi connectivity index (χ2n) is 3.23. The Hall–Kier alpha value is -1.14. The molecule has 0 aliphatic rings. The first-order valence-corrected chi connectivity index (χ1v) is 4.39. The van der Waals surface area contributed by atoms with Gasteiger partial charge in [0.15, 0.2) is 6.29 Å². The monoisotopic (exact) mass is 238 g/mol. The van der Waals surface area contributed by atoms with Gasteiger partial charge >= 0.3 is 6.18 Å². The fourth-order valence-electron chi connectivity index (χ4n) is 1.21. The third kappa shape index (κ3) is 3.46. The number of methoxy groups -OCH3 is 1. The number of alkyl halides is 3. The molecular weight excluding hydrogens is 228 g/mol. The normalized spacial score (nSPS) is 13.9. The van der Waals surface area contributed by atoms with Crippen LogP contribution in [0.1, 0.15) is 17.4 Å². The Morgan fingerprint density at radius 3 is 2.44 bits per heavy atom. The zero-order chi connectivity index (χ0) is 12.3. The van der Waals surface area contributed by atoms with Crippen LogP contribution in [0.3, 0.4) is 0 Å². The van der Waals surface area contributed by atoms with E-state index in [1.54, 1.807) is 0 Å². The first-order valence-electron chi connectivity index (χ1n) is 4.39. The molecule has 2 nitrogen and oxygen atoms in total. The van der Waals surface area contributed by atoms with Crippen molar-refractivity contribution >= 4 is 0 Å². The molecule has 0 bridgehead atoms. The van der Waals surface area contributed by atoms with Crippen LogP contribution in [0.2, 0.25) is 0 Å². The number of hydrogen-bond acceptors (Lipinski definition) is 2. The van der Waals surface area contributed by atoms with Crippen molar-refractivity contribution in [1.29, 1.82) is 0 Å². The van der Waals surface area contributed by atoms with E-state index < -0.39 is 30.3 Å². The van der Waals surface area contributed by atoms with E-state index in [1.165, 1.54) is 13.2 Å². The lowest BCUT2D eigenvalue weighted by Gasteiger charge is -2.11. The van der Waals surface area contributed by atoms with E-state index in [1.807, 2.05) is 0 Å². The Morgan fingerprint density at radius 1 is 1.38 bits per heavy atom. The summed E-state index contributed by atoms with van der Waals surface area (Å²) in [5.74, 6) is -1.01. The van der Waals surface area contributed by atoms with Gasteiger partial charge in [-0.3, -0.25) is 0 Å². The Kier molecular flexibility index (Phi) is 3.88. The molecule has 0 amide bonds. The molecular formula is C10H10F4O2. The fourth-order valence-corrected chi connectivity index (χ4v) is 1.21. The van der Waals surface area contributed by atoms with Crippen molar-refractivity contribution in [3.63, 3.8) is 0 Å². The van der Waals surface area contributed by atoms with Crippen molar-refractivity contribution in [3.8, 4) is 0 Å². The van der Waals surface area contributed by atoms with Gasteiger partial charge in [0.25, 0.3) is 0 Å². The van der Waals surface area contributed by atoms with Crippen LogP contribution in [0.25, 0.3) is 0 Å². The molecule has 0 heterocycles. The minimum atomic E-state index is -4.46. The maximum atomic E-state index is 13.2. The summed E-state index contributed by atoms with van der Waals surface area (Å²) in [7, 11) is 1.20. The average Bonchev–Trinajstić information content (AvgIpc) is 2.18. The standard InChI is InChI=1S/C10H10F4O2/c1-16-9(15)6-2-3-7(8(11)4-6)5-10(12,13)14/h2-4,9,15H,5H2,1H3. The van der Waals surface area contributed by atoms with Crippen molar-refractivity contribution in [2.24, 2.45) is 0 Å². The summed E-state index contributed by atoms with van der Waals surface area (Å²) >= 11 is 0. The number of hydrogen-bond donors (Lipinski definition) is 1. The zero-order valence-corrected chi connectivity index (χ0v) is 8.38. The van der Waals surface area contributed by atoms with Gasteiger partial charge in [0.2, 0.25) is 0 Å². The predicted molar refractivity (Wildman–Crippen MR) is 48.1 cm³/mol. The first-order chi connectivity index (χ1) is 7.33. The van der Waals surface area contributed by atoms with Crippen LogP contribution < -0.4 is 0 Å². The van der Waals surface area contributed by atoms with Crippen molar-refractivity contribution in [2.75, 3.05) is 7.11 Å². The SMILES string of the molecule is COC(O)c1ccc(CC(F)(F)F)c(F)c1. The van der Waals surface area contributed by atoms with Gasteiger partial charge in [0, 0.05) is 12.7 Å². The summed E-state index contributed by atoms with van der Waals surface area (Å²) in [4.78, 5) is 0. The Balaban J connectivity index is 2.92. The van der Waals surface area contributed by atoms with Crippen molar-refractivity contribution in [2.45, 2.75) is 18.9 Å². The molecule has 16 heavy (non-hydrogen) atoms. The summed E-state index contributed by atoms with van der Waals surface area (Å²) in [6, 6.07) is 3.01. The highest BCUT2D eigenvalue weighted by Crippen LogP contribution is 2.24. The van der Waals surface area contributed by atoms with Crippen LogP contribution in [0.4, 0.5) is 17.6 Å². The minimum Gasteiger partial charge on any atom is -0.364 e. The maximum Gasteiger partial charge on any atom is 0.393 e. The van der Waals surface area contributed by atoms with Crippen LogP contribution in [0.5, 0.6) is 0 Å². The molecule has 0 aliphatic carbocycles. The van der Waals surface area contributed by atoms with Crippen LogP contribution in [0, 0.1) is 5.82 Å². The van der Waals surface area contributed by atoms with Crippen LogP contribution >= 0.6 is 0 Å². The zero-order valence-electron chi connectivity index (χ0n) is 8.38. The fraction of sp³-hybridized carbons (Fsp3) is 0.400. The van der Waals surface area contributed by atoms with Crippen LogP contribution in [-0.2, 0) is 11.2 Å². The van der Waals surface area contributed by atoms with Gasteiger partial charge in [-0.2, -0.15) is 13.2 Å². The number of rotatable bonds is 3. The minimum absolute atomic E-state index is 0.0749. The maximum absolute atomic E-state index is 13.2. The molecule has 6 heteroatoms. The average molecular weight is 238 g/mol. The number of aliphatic hydroxyl groups is 1. The molecule has 90 valence electrons. The predicted octanol–water partition coefficient (Wildman–Crippen LogP) is 2.57. The van der Waals surface area contributed by atoms with Crippen LogP contribution in [-0.4, -0.2) is 18.4 Å². The Bertz CT molecular complexity index is 362. The molecule has 1 unspecified atom stereocenters. The lowest BCUT2D eigenvalue weighted by atomic mass is 10.1. The lowest BCUT2D eigenvalue weighted by molar-refractivity contribution is -0.127. The number of halogens is 4. The first kappa shape index (κ1) is 12.9. The van der Waals surface area contributed by atoms with Gasteiger partial charge in [0.1, 0.15) is 5.82 Å². The summed E-state index contributed by atoms with van der Waals surface area (Å²) in [5.41, 5.74) is -0.384. The Labute approximate surface area is 89.5 Å². The molecule has 1 aromatic rings.